The van der Waals surface area contributed by atoms with Crippen LogP contribution < -0.4 is 14.4 Å². The number of piperidine rings is 3. The lowest BCUT2D eigenvalue weighted by Crippen LogP contribution is -2.60. The van der Waals surface area contributed by atoms with E-state index in [4.69, 9.17) is 9.47 Å². The standard InChI is InChI=1S/C28H37N3O4/c1-34-22-8-9-24(25(15-22)35-2)31-17-21(14-26(31)32)28(33)30-11-5-6-18-12-19-13-20(27(18)30)16-29-10-4-3-7-23(19)29/h8-9,12,15,19-21,23,27H,3-7,10-11,13-14,16-17H2,1-2H3/t19?,20?,21?,23-,27-/m1/s1. The molecule has 4 fully saturated rings. The molecule has 6 rings (SSSR count). The molecule has 0 saturated carbocycles. The van der Waals surface area contributed by atoms with Crippen LogP contribution in [0.15, 0.2) is 29.8 Å². The van der Waals surface area contributed by atoms with Gasteiger partial charge in [-0.15, -0.1) is 0 Å². The van der Waals surface area contributed by atoms with E-state index >= 15 is 0 Å². The first kappa shape index (κ1) is 22.9. The molecule has 0 aromatic heterocycles. The smallest absolute Gasteiger partial charge is 0.228 e. The third kappa shape index (κ3) is 3.92. The van der Waals surface area contributed by atoms with Crippen molar-refractivity contribution in [2.75, 3.05) is 45.3 Å². The molecule has 3 unspecified atom stereocenters. The van der Waals surface area contributed by atoms with E-state index in [0.29, 0.717) is 41.6 Å². The summed E-state index contributed by atoms with van der Waals surface area (Å²) < 4.78 is 10.8. The second-order valence-corrected chi connectivity index (χ2v) is 11.0. The lowest BCUT2D eigenvalue weighted by atomic mass is 9.68. The highest BCUT2D eigenvalue weighted by atomic mass is 16.5. The fraction of sp³-hybridized carbons (Fsp3) is 0.643. The summed E-state index contributed by atoms with van der Waals surface area (Å²) >= 11 is 0. The molecule has 1 aromatic rings. The van der Waals surface area contributed by atoms with Crippen LogP contribution in [-0.4, -0.2) is 74.1 Å². The number of amides is 2. The van der Waals surface area contributed by atoms with Crippen LogP contribution in [0.2, 0.25) is 0 Å². The van der Waals surface area contributed by atoms with Crippen molar-refractivity contribution in [3.8, 4) is 11.5 Å². The molecule has 5 atom stereocenters. The highest BCUT2D eigenvalue weighted by Crippen LogP contribution is 2.46. The van der Waals surface area contributed by atoms with Crippen LogP contribution in [0.25, 0.3) is 0 Å². The number of likely N-dealkylation sites (tertiary alicyclic amines) is 1. The van der Waals surface area contributed by atoms with Crippen molar-refractivity contribution in [2.24, 2.45) is 17.8 Å². The second-order valence-electron chi connectivity index (χ2n) is 11.0. The number of ether oxygens (including phenoxy) is 2. The molecular formula is C28H37N3O4. The number of rotatable bonds is 4. The van der Waals surface area contributed by atoms with E-state index in [0.717, 1.165) is 25.9 Å². The minimum absolute atomic E-state index is 0.0166. The van der Waals surface area contributed by atoms with Gasteiger partial charge in [-0.3, -0.25) is 14.5 Å². The fourth-order valence-electron chi connectivity index (χ4n) is 7.57. The number of methoxy groups -OCH3 is 2. The molecule has 7 nitrogen and oxygen atoms in total. The number of fused-ring (bicyclic) bond motifs is 6. The molecule has 4 heterocycles. The van der Waals surface area contributed by atoms with Gasteiger partial charge in [-0.05, 0) is 62.6 Å². The first-order chi connectivity index (χ1) is 17.1. The van der Waals surface area contributed by atoms with Crippen molar-refractivity contribution < 1.29 is 19.1 Å². The molecule has 2 bridgehead atoms. The van der Waals surface area contributed by atoms with Crippen molar-refractivity contribution in [3.05, 3.63) is 29.8 Å². The molecule has 188 valence electrons. The molecule has 0 spiro atoms. The van der Waals surface area contributed by atoms with Crippen molar-refractivity contribution in [1.29, 1.82) is 0 Å². The van der Waals surface area contributed by atoms with Gasteiger partial charge in [0, 0.05) is 38.2 Å². The summed E-state index contributed by atoms with van der Waals surface area (Å²) in [5.74, 6) is 2.27. The summed E-state index contributed by atoms with van der Waals surface area (Å²) in [5.41, 5.74) is 2.20. The maximum absolute atomic E-state index is 13.9. The van der Waals surface area contributed by atoms with Crippen LogP contribution >= 0.6 is 0 Å². The summed E-state index contributed by atoms with van der Waals surface area (Å²) in [4.78, 5) is 33.6. The molecule has 0 N–H and O–H groups in total. The summed E-state index contributed by atoms with van der Waals surface area (Å²) in [6.45, 7) is 3.54. The fourth-order valence-corrected chi connectivity index (χ4v) is 7.57. The van der Waals surface area contributed by atoms with Gasteiger partial charge in [0.1, 0.15) is 11.5 Å². The van der Waals surface area contributed by atoms with E-state index in [1.54, 1.807) is 25.2 Å². The van der Waals surface area contributed by atoms with Gasteiger partial charge in [0.25, 0.3) is 0 Å². The topological polar surface area (TPSA) is 62.3 Å². The van der Waals surface area contributed by atoms with Gasteiger partial charge in [0.2, 0.25) is 11.8 Å². The number of benzene rings is 1. The van der Waals surface area contributed by atoms with Crippen molar-refractivity contribution in [2.45, 2.75) is 57.0 Å². The SMILES string of the molecule is COc1ccc(N2CC(C(=O)N3CCCC4=CC5CC(CN6CCCC[C@H]56)[C@@H]43)CC2=O)c(OC)c1. The average Bonchev–Trinajstić information content (AvgIpc) is 3.28. The van der Waals surface area contributed by atoms with E-state index < -0.39 is 0 Å². The van der Waals surface area contributed by atoms with Crippen molar-refractivity contribution in [1.82, 2.24) is 9.80 Å². The summed E-state index contributed by atoms with van der Waals surface area (Å²) in [6.07, 6.45) is 10.1. The zero-order valence-electron chi connectivity index (χ0n) is 20.9. The van der Waals surface area contributed by atoms with Gasteiger partial charge >= 0.3 is 0 Å². The third-order valence-electron chi connectivity index (χ3n) is 9.09. The highest BCUT2D eigenvalue weighted by molar-refractivity contribution is 6.01. The lowest BCUT2D eigenvalue weighted by molar-refractivity contribution is -0.140. The monoisotopic (exact) mass is 479 g/mol. The minimum atomic E-state index is -0.308. The predicted molar refractivity (Wildman–Crippen MR) is 134 cm³/mol. The van der Waals surface area contributed by atoms with Gasteiger partial charge in [-0.2, -0.15) is 0 Å². The van der Waals surface area contributed by atoms with Gasteiger partial charge in [0.05, 0.1) is 31.9 Å². The summed E-state index contributed by atoms with van der Waals surface area (Å²) in [7, 11) is 3.20. The number of carbonyl (C=O) groups excluding carboxylic acids is 2. The van der Waals surface area contributed by atoms with Gasteiger partial charge in [0.15, 0.2) is 0 Å². The highest BCUT2D eigenvalue weighted by Gasteiger charge is 2.48. The Bertz CT molecular complexity index is 1040. The number of hydrogen-bond donors (Lipinski definition) is 0. The molecule has 7 heteroatoms. The maximum atomic E-state index is 13.9. The molecule has 2 amide bonds. The Morgan fingerprint density at radius 3 is 2.77 bits per heavy atom. The summed E-state index contributed by atoms with van der Waals surface area (Å²) in [5, 5.41) is 0. The van der Waals surface area contributed by atoms with Crippen LogP contribution in [0.5, 0.6) is 11.5 Å². The van der Waals surface area contributed by atoms with E-state index in [1.165, 1.54) is 37.8 Å². The molecule has 5 aliphatic rings. The Morgan fingerprint density at radius 1 is 1.06 bits per heavy atom. The number of hydrogen-bond acceptors (Lipinski definition) is 5. The normalized spacial score (nSPS) is 32.6. The van der Waals surface area contributed by atoms with Gasteiger partial charge in [-0.25, -0.2) is 0 Å². The van der Waals surface area contributed by atoms with Gasteiger partial charge in [-0.1, -0.05) is 18.1 Å². The first-order valence-corrected chi connectivity index (χ1v) is 13.3. The second kappa shape index (κ2) is 9.16. The zero-order valence-corrected chi connectivity index (χ0v) is 20.9. The largest absolute Gasteiger partial charge is 0.497 e. The van der Waals surface area contributed by atoms with Crippen molar-refractivity contribution in [3.63, 3.8) is 0 Å². The molecule has 0 radical (unpaired) electrons. The van der Waals surface area contributed by atoms with E-state index in [2.05, 4.69) is 15.9 Å². The Kier molecular flexibility index (Phi) is 5.99. The predicted octanol–water partition coefficient (Wildman–Crippen LogP) is 3.48. The molecule has 4 saturated heterocycles. The van der Waals surface area contributed by atoms with E-state index in [9.17, 15) is 9.59 Å². The van der Waals surface area contributed by atoms with Crippen LogP contribution in [0.3, 0.4) is 0 Å². The van der Waals surface area contributed by atoms with Crippen LogP contribution in [0.1, 0.15) is 44.9 Å². The summed E-state index contributed by atoms with van der Waals surface area (Å²) in [6, 6.07) is 6.39. The quantitative estimate of drug-likeness (QED) is 0.619. The molecular weight excluding hydrogens is 442 g/mol. The van der Waals surface area contributed by atoms with Crippen LogP contribution in [0, 0.1) is 17.8 Å². The van der Waals surface area contributed by atoms with Crippen LogP contribution in [-0.2, 0) is 9.59 Å². The van der Waals surface area contributed by atoms with Crippen molar-refractivity contribution >= 4 is 17.5 Å². The minimum Gasteiger partial charge on any atom is -0.497 e. The van der Waals surface area contributed by atoms with E-state index in [-0.39, 0.29) is 30.2 Å². The third-order valence-corrected chi connectivity index (χ3v) is 9.09. The number of carbonyl (C=O) groups is 2. The Balaban J connectivity index is 1.22. The first-order valence-electron chi connectivity index (χ1n) is 13.3. The maximum Gasteiger partial charge on any atom is 0.228 e. The number of nitrogens with zero attached hydrogens (tertiary/aromatic N) is 3. The van der Waals surface area contributed by atoms with E-state index in [1.807, 2.05) is 12.1 Å². The molecule has 4 aliphatic heterocycles. The average molecular weight is 480 g/mol. The Labute approximate surface area is 208 Å². The van der Waals surface area contributed by atoms with Gasteiger partial charge < -0.3 is 19.3 Å². The molecule has 1 aromatic carbocycles. The van der Waals surface area contributed by atoms with Crippen LogP contribution in [0.4, 0.5) is 5.69 Å². The molecule has 35 heavy (non-hydrogen) atoms. The molecule has 1 aliphatic carbocycles. The Morgan fingerprint density at radius 2 is 1.94 bits per heavy atom. The number of anilines is 1. The zero-order chi connectivity index (χ0) is 24.1. The Hall–Kier alpha value is -2.54. The lowest BCUT2D eigenvalue weighted by Gasteiger charge is -2.55.